The van der Waals surface area contributed by atoms with E-state index < -0.39 is 63.2 Å². The number of ether oxygens (including phenoxy) is 2. The molecule has 16 atom stereocenters. The first-order valence-electron chi connectivity index (χ1n) is 35.4. The summed E-state index contributed by atoms with van der Waals surface area (Å²) in [5.74, 6) is 0.0463. The van der Waals surface area contributed by atoms with Crippen molar-refractivity contribution in [3.63, 3.8) is 0 Å². The lowest BCUT2D eigenvalue weighted by Gasteiger charge is -2.63. The van der Waals surface area contributed by atoms with Gasteiger partial charge in [-0.1, -0.05) is 112 Å². The number of likely N-dealkylation sites (N-methyl/N-ethyl adjacent to an activating group) is 1. The summed E-state index contributed by atoms with van der Waals surface area (Å²) in [6, 6.07) is 13.4. The molecule has 13 aliphatic rings. The van der Waals surface area contributed by atoms with E-state index in [0.29, 0.717) is 56.7 Å². The Morgan fingerprint density at radius 1 is 0.946 bits per heavy atom. The summed E-state index contributed by atoms with van der Waals surface area (Å²) in [5.41, 5.74) is 10.4. The third-order valence-electron chi connectivity index (χ3n) is 25.7. The molecule has 0 amide bonds. The fourth-order valence-electron chi connectivity index (χ4n) is 21.5. The normalized spacial score (nSPS) is 39.8. The Hall–Kier alpha value is -6.30. The first kappa shape index (κ1) is 61.9. The number of carbonyl (C=O) groups is 3. The van der Waals surface area contributed by atoms with Gasteiger partial charge in [0.1, 0.15) is 17.7 Å². The van der Waals surface area contributed by atoms with Gasteiger partial charge in [0.15, 0.2) is 17.3 Å². The highest BCUT2D eigenvalue weighted by Crippen LogP contribution is 2.67. The summed E-state index contributed by atoms with van der Waals surface area (Å²) in [5, 5.41) is 50.8. The number of benzene rings is 2. The number of epoxide rings is 1. The van der Waals surface area contributed by atoms with Crippen LogP contribution < -0.4 is 43.0 Å². The number of guanidine groups is 1. The van der Waals surface area contributed by atoms with Crippen molar-refractivity contribution < 1.29 is 34.1 Å². The van der Waals surface area contributed by atoms with Crippen LogP contribution >= 0.6 is 0 Å². The number of Topliss-reactive ketones (excluding diaryl/α,β-unsaturated/α-hetero) is 2. The van der Waals surface area contributed by atoms with Crippen LogP contribution in [0.2, 0.25) is 0 Å². The van der Waals surface area contributed by atoms with Gasteiger partial charge in [-0.05, 0) is 209 Å². The Labute approximate surface area is 543 Å². The number of nitrogens with one attached hydrogen (secondary N) is 7. The predicted molar refractivity (Wildman–Crippen MR) is 357 cm³/mol. The Bertz CT molecular complexity index is 3590. The van der Waals surface area contributed by atoms with Crippen LogP contribution in [-0.2, 0) is 20.7 Å². The first-order chi connectivity index (χ1) is 44.5. The lowest BCUT2D eigenvalue weighted by Crippen LogP contribution is -2.68. The molecule has 16 heteroatoms. The van der Waals surface area contributed by atoms with Crippen molar-refractivity contribution >= 4 is 23.5 Å². The molecule has 0 aromatic heterocycles. The van der Waals surface area contributed by atoms with Gasteiger partial charge in [-0.25, -0.2) is 4.79 Å². The van der Waals surface area contributed by atoms with Crippen molar-refractivity contribution in [3.8, 4) is 5.75 Å². The third-order valence-corrected chi connectivity index (χ3v) is 25.7. The zero-order valence-electron chi connectivity index (χ0n) is 54.9. The number of aliphatic hydroxyl groups excluding tert-OH is 1. The van der Waals surface area contributed by atoms with Crippen LogP contribution in [0.25, 0.3) is 0 Å². The molecule has 0 radical (unpaired) electrons. The zero-order valence-corrected chi connectivity index (χ0v) is 54.9. The van der Waals surface area contributed by atoms with Gasteiger partial charge in [-0.3, -0.25) is 14.6 Å². The molecule has 490 valence electrons. The molecule has 16 nitrogen and oxygen atoms in total. The molecule has 7 aliphatic heterocycles. The molecule has 11 bridgehead atoms. The number of allylic oxidation sites excluding steroid dienone is 5. The molecule has 11 N–H and O–H groups in total. The number of phenols is 1. The van der Waals surface area contributed by atoms with Crippen LogP contribution in [0.15, 0.2) is 129 Å². The highest BCUT2D eigenvalue weighted by Gasteiger charge is 2.86. The Balaban J connectivity index is 0.909. The Kier molecular flexibility index (Phi) is 15.8. The lowest BCUT2D eigenvalue weighted by molar-refractivity contribution is -0.197. The highest BCUT2D eigenvalue weighted by atomic mass is 16.7. The fraction of sp³-hybridized carbons (Fsp3) is 0.605. The predicted octanol–water partition coefficient (Wildman–Crippen LogP) is 9.75. The minimum atomic E-state index is -2.26. The number of nitrogens with zero attached hydrogens (tertiary/aromatic N) is 1. The lowest BCUT2D eigenvalue weighted by atomic mass is 9.45. The quantitative estimate of drug-likeness (QED) is 0.0487. The molecule has 16 unspecified atom stereocenters. The monoisotopic (exact) mass is 1250 g/mol. The van der Waals surface area contributed by atoms with Crippen LogP contribution in [0.4, 0.5) is 0 Å². The van der Waals surface area contributed by atoms with Crippen LogP contribution in [0.5, 0.6) is 5.75 Å². The second-order valence-electron chi connectivity index (χ2n) is 30.8. The maximum absolute atomic E-state index is 16.9. The number of hydrogen-bond donors (Lipinski definition) is 10. The van der Waals surface area contributed by atoms with E-state index in [1.807, 2.05) is 38.4 Å². The van der Waals surface area contributed by atoms with Crippen LogP contribution in [0.3, 0.4) is 0 Å². The molecular weight excluding hydrogens is 1150 g/mol. The number of phenolic OH excluding ortho intramolecular Hbond substituents is 1. The average molecular weight is 1250 g/mol. The molecule has 2 aromatic rings. The van der Waals surface area contributed by atoms with E-state index in [-0.39, 0.29) is 65.2 Å². The number of esters is 1. The van der Waals surface area contributed by atoms with Crippen molar-refractivity contribution in [2.24, 2.45) is 57.1 Å². The van der Waals surface area contributed by atoms with Crippen molar-refractivity contribution in [1.29, 1.82) is 0 Å². The van der Waals surface area contributed by atoms with Crippen LogP contribution in [0, 0.1) is 46.3 Å². The summed E-state index contributed by atoms with van der Waals surface area (Å²) >= 11 is 0. The van der Waals surface area contributed by atoms with Gasteiger partial charge in [0.25, 0.3) is 5.60 Å². The zero-order chi connectivity index (χ0) is 63.5. The minimum Gasteiger partial charge on any atom is -0.508 e. The van der Waals surface area contributed by atoms with Gasteiger partial charge >= 0.3 is 5.97 Å². The number of hydrogen-bond acceptors (Lipinski definition) is 14. The van der Waals surface area contributed by atoms with Gasteiger partial charge in [0.05, 0.1) is 24.0 Å². The van der Waals surface area contributed by atoms with Crippen molar-refractivity contribution in [2.45, 2.75) is 208 Å². The number of rotatable bonds is 9. The summed E-state index contributed by atoms with van der Waals surface area (Å²) in [6.45, 7) is 8.72. The second kappa shape index (κ2) is 23.6. The molecule has 5 fully saturated rings. The van der Waals surface area contributed by atoms with Gasteiger partial charge < -0.3 is 62.6 Å². The average Bonchev–Trinajstić information content (AvgIpc) is 1.54. The topological polar surface area (TPSA) is 236 Å². The maximum atomic E-state index is 16.9. The number of fused-ring (bicyclic) bond motifs is 4. The van der Waals surface area contributed by atoms with Crippen molar-refractivity contribution in [2.75, 3.05) is 33.7 Å². The van der Waals surface area contributed by atoms with E-state index in [4.69, 9.17) is 20.2 Å². The third kappa shape index (κ3) is 9.96. The largest absolute Gasteiger partial charge is 0.508 e. The first-order valence-corrected chi connectivity index (χ1v) is 35.4. The van der Waals surface area contributed by atoms with Gasteiger partial charge in [0.2, 0.25) is 5.78 Å². The number of aliphatic hydroxyl groups is 1. The fourth-order valence-corrected chi connectivity index (χ4v) is 21.5. The second-order valence-corrected chi connectivity index (χ2v) is 30.8. The molecule has 2 aromatic carbocycles. The number of aliphatic imine (C=N–C) groups is 1. The Morgan fingerprint density at radius 3 is 2.60 bits per heavy atom. The van der Waals surface area contributed by atoms with E-state index in [2.05, 4.69) is 107 Å². The van der Waals surface area contributed by atoms with Crippen LogP contribution in [-0.4, -0.2) is 114 Å². The van der Waals surface area contributed by atoms with Crippen LogP contribution in [0.1, 0.15) is 187 Å². The van der Waals surface area contributed by atoms with E-state index in [0.717, 1.165) is 142 Å². The Morgan fingerprint density at radius 2 is 1.78 bits per heavy atom. The summed E-state index contributed by atoms with van der Waals surface area (Å²) in [7, 11) is 3.80. The van der Waals surface area contributed by atoms with E-state index in [1.54, 1.807) is 12.1 Å². The number of dihydropyridines is 2. The molecule has 6 aliphatic carbocycles. The van der Waals surface area contributed by atoms with E-state index >= 15 is 14.4 Å². The smallest absolute Gasteiger partial charge is 0.350 e. The number of carbonyl (C=O) groups excluding carboxylic acids is 3. The maximum Gasteiger partial charge on any atom is 0.350 e. The summed E-state index contributed by atoms with van der Waals surface area (Å²) < 4.78 is 14.7. The molecular formula is C76H99N9O7. The van der Waals surface area contributed by atoms with E-state index in [9.17, 15) is 10.2 Å². The van der Waals surface area contributed by atoms with Gasteiger partial charge in [0, 0.05) is 67.2 Å². The molecule has 3 saturated carbocycles. The number of nitrogens with two attached hydrogens (primary N) is 1. The molecule has 2 spiro atoms. The minimum absolute atomic E-state index is 0.00966. The van der Waals surface area contributed by atoms with Gasteiger partial charge in [-0.15, -0.1) is 0 Å². The summed E-state index contributed by atoms with van der Waals surface area (Å²) in [4.78, 5) is 54.6. The summed E-state index contributed by atoms with van der Waals surface area (Å²) in [6.07, 6.45) is 30.8. The number of aromatic hydroxyl groups is 1. The van der Waals surface area contributed by atoms with Gasteiger partial charge in [-0.2, -0.15) is 0 Å². The number of ketones is 2. The highest BCUT2D eigenvalue weighted by molar-refractivity contribution is 6.33. The SMILES string of the molecule is CCNC12C=C3C=CCC4CCCCC5(C)CC6=CNC(N)C(=C6)C(c6cccc(O)c6)CC6C(C1)C(CC(O)C61CCCC1)C(OC(=O)C16OC1(CC=C(C)CC1(C7=CCNC8=C7CCC(NC)N8)CCCNC(=NC)N1)C(=O)c1cccc(c1C6=O)C5)C2CC34. The van der Waals surface area contributed by atoms with Crippen molar-refractivity contribution in [1.82, 2.24) is 37.2 Å². The molecule has 7 heterocycles. The van der Waals surface area contributed by atoms with E-state index in [1.165, 1.54) is 16.7 Å². The molecule has 2 saturated heterocycles. The standard InChI is InChI=1S/C76H99N9O7/c1-6-83-74-41-48-18-11-16-46-15-7-8-26-71(3)39-45-33-56(67(77)82-43-45)54(47-17-12-20-50(86)34-47)36-59-57(42-74)55(37-61(87)72(59)27-9-10-28-72)64(60(74)35-53(46)48)91-69(90)76-66(89)63-49(40-71)19-13-21-52(63)65(88)75(76,92-76)30-24-44(2)38-73(29-14-31-81-70(79-5)85-73)58-25-32-80-68-51(58)22-23-62(78-4)84-68/h11-13,17-21,24-25,33-34,41,43,46,53-55,57,59-62,64,67,78,80,82-84,86-87H,6-10,14-16,22-23,26-32,35-40,42,77H2,1-5H3,(H2,79,81,85). The van der Waals surface area contributed by atoms with Crippen molar-refractivity contribution in [3.05, 3.63) is 147 Å². The molecule has 92 heavy (non-hydrogen) atoms. The molecule has 15 rings (SSSR count).